The first-order chi connectivity index (χ1) is 11.3. The first kappa shape index (κ1) is 15.2. The number of benzene rings is 3. The second kappa shape index (κ2) is 7.03. The average molecular weight is 307 g/mol. The van der Waals surface area contributed by atoms with Crippen LogP contribution in [0.5, 0.6) is 5.75 Å². The van der Waals surface area contributed by atoms with Crippen molar-refractivity contribution in [1.82, 2.24) is 5.32 Å². The van der Waals surface area contributed by atoms with E-state index in [1.54, 1.807) is 6.07 Å². The van der Waals surface area contributed by atoms with Crippen molar-refractivity contribution in [3.63, 3.8) is 0 Å². The lowest BCUT2D eigenvalue weighted by Crippen LogP contribution is -2.21. The van der Waals surface area contributed by atoms with Gasteiger partial charge in [-0.05, 0) is 28.5 Å². The second-order valence-electron chi connectivity index (χ2n) is 5.42. The molecule has 0 bridgehead atoms. The number of hydrogen-bond donors (Lipinski definition) is 3. The van der Waals surface area contributed by atoms with Gasteiger partial charge in [-0.3, -0.25) is 0 Å². The molecule has 0 aliphatic carbocycles. The van der Waals surface area contributed by atoms with Gasteiger partial charge in [-0.1, -0.05) is 48.5 Å². The van der Waals surface area contributed by atoms with Crippen LogP contribution in [0.4, 0.5) is 11.4 Å². The molecule has 0 fully saturated rings. The number of nitrogen functional groups attached to an aromatic ring is 2. The van der Waals surface area contributed by atoms with Crippen molar-refractivity contribution in [2.24, 2.45) is 0 Å². The fourth-order valence-electron chi connectivity index (χ4n) is 2.59. The Bertz CT molecular complexity index is 796. The van der Waals surface area contributed by atoms with E-state index in [2.05, 4.69) is 47.8 Å². The van der Waals surface area contributed by atoms with Crippen LogP contribution in [0.15, 0.2) is 60.7 Å². The first-order valence-electron chi connectivity index (χ1n) is 7.70. The number of rotatable bonds is 6. The number of hydrogen-bond acceptors (Lipinski definition) is 4. The molecule has 0 atom stereocenters. The lowest BCUT2D eigenvalue weighted by molar-refractivity contribution is 0.315. The third kappa shape index (κ3) is 3.55. The predicted molar refractivity (Wildman–Crippen MR) is 96.4 cm³/mol. The fraction of sp³-hybridized carbons (Fsp3) is 0.158. The normalized spacial score (nSPS) is 10.8. The van der Waals surface area contributed by atoms with Crippen LogP contribution in [0, 0.1) is 0 Å². The molecule has 0 unspecified atom stereocenters. The Labute approximate surface area is 136 Å². The maximum Gasteiger partial charge on any atom is 0.144 e. The first-order valence-corrected chi connectivity index (χ1v) is 7.70. The molecular formula is C19H21N3O. The van der Waals surface area contributed by atoms with Crippen LogP contribution in [0.25, 0.3) is 10.8 Å². The van der Waals surface area contributed by atoms with Crippen LogP contribution in [-0.4, -0.2) is 13.2 Å². The average Bonchev–Trinajstić information content (AvgIpc) is 2.58. The van der Waals surface area contributed by atoms with Crippen molar-refractivity contribution in [2.45, 2.75) is 6.54 Å². The molecule has 0 aliphatic heterocycles. The van der Waals surface area contributed by atoms with E-state index in [-0.39, 0.29) is 0 Å². The van der Waals surface area contributed by atoms with E-state index in [1.807, 2.05) is 12.1 Å². The Morgan fingerprint density at radius 3 is 2.57 bits per heavy atom. The smallest absolute Gasteiger partial charge is 0.144 e. The number of ether oxygens (including phenoxy) is 1. The highest BCUT2D eigenvalue weighted by Gasteiger charge is 2.03. The van der Waals surface area contributed by atoms with Gasteiger partial charge < -0.3 is 21.5 Å². The molecule has 0 amide bonds. The number of nitrogens with one attached hydrogen (secondary N) is 1. The fourth-order valence-corrected chi connectivity index (χ4v) is 2.59. The number of fused-ring (bicyclic) bond motifs is 1. The Balaban J connectivity index is 1.53. The number of nitrogens with two attached hydrogens (primary N) is 2. The molecule has 0 aliphatic rings. The topological polar surface area (TPSA) is 73.3 Å². The van der Waals surface area contributed by atoms with Crippen molar-refractivity contribution < 1.29 is 4.74 Å². The largest absolute Gasteiger partial charge is 0.490 e. The lowest BCUT2D eigenvalue weighted by Gasteiger charge is -2.11. The molecule has 0 saturated carbocycles. The van der Waals surface area contributed by atoms with Crippen molar-refractivity contribution >= 4 is 22.1 Å². The maximum absolute atomic E-state index is 5.88. The summed E-state index contributed by atoms with van der Waals surface area (Å²) in [5.74, 6) is 0.636. The highest BCUT2D eigenvalue weighted by molar-refractivity contribution is 5.85. The molecule has 4 nitrogen and oxygen atoms in total. The monoisotopic (exact) mass is 307 g/mol. The van der Waals surface area contributed by atoms with Crippen LogP contribution in [0.1, 0.15) is 5.56 Å². The van der Waals surface area contributed by atoms with Gasteiger partial charge in [0.15, 0.2) is 0 Å². The van der Waals surface area contributed by atoms with Gasteiger partial charge in [0.2, 0.25) is 0 Å². The molecular weight excluding hydrogens is 286 g/mol. The van der Waals surface area contributed by atoms with Crippen molar-refractivity contribution in [2.75, 3.05) is 24.6 Å². The summed E-state index contributed by atoms with van der Waals surface area (Å²) >= 11 is 0. The van der Waals surface area contributed by atoms with E-state index >= 15 is 0 Å². The summed E-state index contributed by atoms with van der Waals surface area (Å²) in [6.45, 7) is 2.08. The summed E-state index contributed by atoms with van der Waals surface area (Å²) in [6.07, 6.45) is 0. The van der Waals surface area contributed by atoms with Gasteiger partial charge in [0, 0.05) is 13.1 Å². The van der Waals surface area contributed by atoms with E-state index in [0.29, 0.717) is 23.7 Å². The minimum absolute atomic E-state index is 0.501. The summed E-state index contributed by atoms with van der Waals surface area (Å²) in [7, 11) is 0. The molecule has 0 aromatic heterocycles. The zero-order valence-corrected chi connectivity index (χ0v) is 13.0. The summed E-state index contributed by atoms with van der Waals surface area (Å²) in [5.41, 5.74) is 14.0. The van der Waals surface area contributed by atoms with E-state index in [1.165, 1.54) is 16.3 Å². The third-order valence-corrected chi connectivity index (χ3v) is 3.83. The Morgan fingerprint density at radius 2 is 1.65 bits per heavy atom. The molecule has 3 rings (SSSR count). The van der Waals surface area contributed by atoms with Gasteiger partial charge in [0.1, 0.15) is 12.4 Å². The highest BCUT2D eigenvalue weighted by atomic mass is 16.5. The number of anilines is 2. The van der Waals surface area contributed by atoms with Gasteiger partial charge in [0.25, 0.3) is 0 Å². The minimum Gasteiger partial charge on any atom is -0.490 e. The molecule has 0 saturated heterocycles. The van der Waals surface area contributed by atoms with Crippen molar-refractivity contribution in [1.29, 1.82) is 0 Å². The third-order valence-electron chi connectivity index (χ3n) is 3.83. The standard InChI is InChI=1S/C19H21N3O/c20-17-9-4-10-18(19(17)21)23-12-11-22-13-15-7-3-6-14-5-1-2-8-16(14)15/h1-10,22H,11-13,20-21H2. The molecule has 4 heteroatoms. The molecule has 0 radical (unpaired) electrons. The zero-order chi connectivity index (χ0) is 16.1. The molecule has 23 heavy (non-hydrogen) atoms. The van der Waals surface area contributed by atoms with E-state index in [4.69, 9.17) is 16.2 Å². The van der Waals surface area contributed by atoms with Gasteiger partial charge in [-0.2, -0.15) is 0 Å². The van der Waals surface area contributed by atoms with Crippen LogP contribution in [0.2, 0.25) is 0 Å². The number of para-hydroxylation sites is 1. The van der Waals surface area contributed by atoms with Crippen LogP contribution >= 0.6 is 0 Å². The molecule has 3 aromatic rings. The summed E-state index contributed by atoms with van der Waals surface area (Å²) in [4.78, 5) is 0. The summed E-state index contributed by atoms with van der Waals surface area (Å²) in [6, 6.07) is 20.2. The molecule has 3 aromatic carbocycles. The minimum atomic E-state index is 0.501. The maximum atomic E-state index is 5.88. The van der Waals surface area contributed by atoms with Gasteiger partial charge in [-0.15, -0.1) is 0 Å². The molecule has 0 heterocycles. The van der Waals surface area contributed by atoms with E-state index < -0.39 is 0 Å². The lowest BCUT2D eigenvalue weighted by atomic mass is 10.0. The molecule has 5 N–H and O–H groups in total. The van der Waals surface area contributed by atoms with E-state index in [9.17, 15) is 0 Å². The summed E-state index contributed by atoms with van der Waals surface area (Å²) in [5, 5.41) is 5.94. The van der Waals surface area contributed by atoms with E-state index in [0.717, 1.165) is 13.1 Å². The Hall–Kier alpha value is -2.72. The zero-order valence-electron chi connectivity index (χ0n) is 13.0. The second-order valence-corrected chi connectivity index (χ2v) is 5.42. The molecule has 118 valence electrons. The predicted octanol–water partition coefficient (Wildman–Crippen LogP) is 3.17. The summed E-state index contributed by atoms with van der Waals surface area (Å²) < 4.78 is 5.68. The highest BCUT2D eigenvalue weighted by Crippen LogP contribution is 2.26. The Morgan fingerprint density at radius 1 is 0.870 bits per heavy atom. The van der Waals surface area contributed by atoms with Gasteiger partial charge >= 0.3 is 0 Å². The SMILES string of the molecule is Nc1cccc(OCCNCc2cccc3ccccc23)c1N. The Kier molecular flexibility index (Phi) is 4.64. The van der Waals surface area contributed by atoms with Gasteiger partial charge in [0.05, 0.1) is 11.4 Å². The van der Waals surface area contributed by atoms with Crippen molar-refractivity contribution in [3.8, 4) is 5.75 Å². The molecule has 0 spiro atoms. The van der Waals surface area contributed by atoms with Crippen LogP contribution < -0.4 is 21.5 Å². The van der Waals surface area contributed by atoms with Crippen LogP contribution in [0.3, 0.4) is 0 Å². The van der Waals surface area contributed by atoms with Crippen molar-refractivity contribution in [3.05, 3.63) is 66.2 Å². The quantitative estimate of drug-likeness (QED) is 0.483. The van der Waals surface area contributed by atoms with Gasteiger partial charge in [-0.25, -0.2) is 0 Å². The van der Waals surface area contributed by atoms with Crippen LogP contribution in [-0.2, 0) is 6.54 Å².